The zero-order chi connectivity index (χ0) is 16.5. The van der Waals surface area contributed by atoms with Crippen LogP contribution in [-0.4, -0.2) is 34.8 Å². The largest absolute Gasteiger partial charge is 0.396 e. The Morgan fingerprint density at radius 2 is 2.17 bits per heavy atom. The van der Waals surface area contributed by atoms with E-state index in [-0.39, 0.29) is 6.61 Å². The van der Waals surface area contributed by atoms with E-state index in [1.807, 2.05) is 25.1 Å². The van der Waals surface area contributed by atoms with Gasteiger partial charge in [0, 0.05) is 31.2 Å². The van der Waals surface area contributed by atoms with Gasteiger partial charge in [-0.3, -0.25) is 4.90 Å². The first-order valence-electron chi connectivity index (χ1n) is 8.58. The number of hydrogen-bond donors (Lipinski definition) is 2. The summed E-state index contributed by atoms with van der Waals surface area (Å²) >= 11 is 0. The van der Waals surface area contributed by atoms with Crippen LogP contribution in [0.1, 0.15) is 18.7 Å². The smallest absolute Gasteiger partial charge is 0.249 e. The lowest BCUT2D eigenvalue weighted by Crippen LogP contribution is -2.40. The van der Waals surface area contributed by atoms with Crippen molar-refractivity contribution in [2.45, 2.75) is 19.8 Å². The first kappa shape index (κ1) is 15.1. The average molecular weight is 323 g/mol. The van der Waals surface area contributed by atoms with E-state index in [2.05, 4.69) is 38.1 Å². The molecule has 1 aliphatic rings. The molecule has 0 amide bonds. The molecule has 3 aromatic rings. The molecule has 1 aliphatic heterocycles. The number of aromatic nitrogens is 3. The summed E-state index contributed by atoms with van der Waals surface area (Å²) in [5.41, 5.74) is 4.25. The summed E-state index contributed by atoms with van der Waals surface area (Å²) < 4.78 is 0. The van der Waals surface area contributed by atoms with Crippen molar-refractivity contribution in [3.05, 3.63) is 42.2 Å². The number of benzene rings is 1. The van der Waals surface area contributed by atoms with Crippen LogP contribution < -0.4 is 9.88 Å². The van der Waals surface area contributed by atoms with Crippen molar-refractivity contribution in [1.29, 1.82) is 0 Å². The fourth-order valence-electron chi connectivity index (χ4n) is 3.58. The SMILES string of the molecule is Cc1nc2cc(-c3ccccc3)[nH]c2c(N2CCCC(CO)C2)[nH+]1. The third kappa shape index (κ3) is 2.76. The van der Waals surface area contributed by atoms with Gasteiger partial charge in [0.25, 0.3) is 0 Å². The molecule has 5 heteroatoms. The zero-order valence-electron chi connectivity index (χ0n) is 13.9. The average Bonchev–Trinajstić information content (AvgIpc) is 3.05. The number of fused-ring (bicyclic) bond motifs is 1. The number of aryl methyl sites for hydroxylation is 1. The second-order valence-electron chi connectivity index (χ2n) is 6.62. The van der Waals surface area contributed by atoms with Crippen molar-refractivity contribution in [3.63, 3.8) is 0 Å². The second-order valence-corrected chi connectivity index (χ2v) is 6.62. The van der Waals surface area contributed by atoms with Crippen LogP contribution >= 0.6 is 0 Å². The maximum absolute atomic E-state index is 9.52. The fourth-order valence-corrected chi connectivity index (χ4v) is 3.58. The van der Waals surface area contributed by atoms with E-state index < -0.39 is 0 Å². The number of aliphatic hydroxyl groups is 1. The van der Waals surface area contributed by atoms with Crippen molar-refractivity contribution in [1.82, 2.24) is 9.97 Å². The predicted molar refractivity (Wildman–Crippen MR) is 94.8 cm³/mol. The van der Waals surface area contributed by atoms with E-state index in [9.17, 15) is 5.11 Å². The Kier molecular flexibility index (Phi) is 3.94. The summed E-state index contributed by atoms with van der Waals surface area (Å²) in [7, 11) is 0. The third-order valence-electron chi connectivity index (χ3n) is 4.80. The summed E-state index contributed by atoms with van der Waals surface area (Å²) in [6, 6.07) is 12.4. The lowest BCUT2D eigenvalue weighted by Gasteiger charge is -2.28. The molecule has 2 aromatic heterocycles. The minimum atomic E-state index is 0.254. The Morgan fingerprint density at radius 3 is 2.96 bits per heavy atom. The number of aromatic amines is 2. The molecule has 24 heavy (non-hydrogen) atoms. The molecule has 1 aromatic carbocycles. The van der Waals surface area contributed by atoms with Gasteiger partial charge in [0.15, 0.2) is 11.0 Å². The molecule has 0 spiro atoms. The zero-order valence-corrected chi connectivity index (χ0v) is 13.9. The van der Waals surface area contributed by atoms with Crippen LogP contribution in [0, 0.1) is 12.8 Å². The van der Waals surface area contributed by atoms with Crippen molar-refractivity contribution in [2.75, 3.05) is 24.6 Å². The molecule has 4 rings (SSSR count). The van der Waals surface area contributed by atoms with Gasteiger partial charge in [0.05, 0.1) is 13.1 Å². The predicted octanol–water partition coefficient (Wildman–Crippen LogP) is 2.56. The van der Waals surface area contributed by atoms with E-state index in [0.29, 0.717) is 5.92 Å². The first-order chi connectivity index (χ1) is 11.7. The standard InChI is InChI=1S/C19H22N4O/c1-13-20-17-10-16(15-7-3-2-4-8-15)22-18(17)19(21-13)23-9-5-6-14(11-23)12-24/h2-4,7-8,10,14,22,24H,5-6,9,11-12H2,1H3/p+1. The first-order valence-corrected chi connectivity index (χ1v) is 8.58. The van der Waals surface area contributed by atoms with Crippen molar-refractivity contribution < 1.29 is 10.1 Å². The quantitative estimate of drug-likeness (QED) is 0.778. The minimum absolute atomic E-state index is 0.254. The highest BCUT2D eigenvalue weighted by molar-refractivity contribution is 5.89. The molecular formula is C19H23N4O+. The van der Waals surface area contributed by atoms with Crippen LogP contribution in [0.5, 0.6) is 0 Å². The highest BCUT2D eigenvalue weighted by Gasteiger charge is 2.27. The minimum Gasteiger partial charge on any atom is -0.396 e. The topological polar surface area (TPSA) is 66.3 Å². The molecule has 1 unspecified atom stereocenters. The van der Waals surface area contributed by atoms with Gasteiger partial charge >= 0.3 is 0 Å². The molecule has 3 heterocycles. The van der Waals surface area contributed by atoms with Crippen LogP contribution in [-0.2, 0) is 0 Å². The van der Waals surface area contributed by atoms with Crippen LogP contribution in [0.4, 0.5) is 5.82 Å². The fraction of sp³-hybridized carbons (Fsp3) is 0.368. The lowest BCUT2D eigenvalue weighted by molar-refractivity contribution is -0.377. The van der Waals surface area contributed by atoms with E-state index >= 15 is 0 Å². The van der Waals surface area contributed by atoms with Gasteiger partial charge in [-0.25, -0.2) is 4.98 Å². The maximum Gasteiger partial charge on any atom is 0.249 e. The highest BCUT2D eigenvalue weighted by Crippen LogP contribution is 2.29. The van der Waals surface area contributed by atoms with Gasteiger partial charge in [-0.15, -0.1) is 4.98 Å². The van der Waals surface area contributed by atoms with Gasteiger partial charge in [0.2, 0.25) is 11.6 Å². The Morgan fingerprint density at radius 1 is 1.33 bits per heavy atom. The lowest BCUT2D eigenvalue weighted by atomic mass is 9.99. The molecule has 1 saturated heterocycles. The monoisotopic (exact) mass is 323 g/mol. The van der Waals surface area contributed by atoms with Crippen molar-refractivity contribution >= 4 is 16.9 Å². The van der Waals surface area contributed by atoms with Gasteiger partial charge in [0.1, 0.15) is 0 Å². The number of H-pyrrole nitrogens is 2. The molecule has 0 radical (unpaired) electrons. The van der Waals surface area contributed by atoms with Crippen LogP contribution in [0.25, 0.3) is 22.3 Å². The summed E-state index contributed by atoms with van der Waals surface area (Å²) in [6.45, 7) is 4.13. The van der Waals surface area contributed by atoms with Crippen molar-refractivity contribution in [3.8, 4) is 11.3 Å². The number of hydrogen-bond acceptors (Lipinski definition) is 3. The summed E-state index contributed by atoms with van der Waals surface area (Å²) in [6.07, 6.45) is 2.20. The van der Waals surface area contributed by atoms with Gasteiger partial charge < -0.3 is 10.1 Å². The van der Waals surface area contributed by atoms with Crippen LogP contribution in [0.15, 0.2) is 36.4 Å². The van der Waals surface area contributed by atoms with Crippen molar-refractivity contribution in [2.24, 2.45) is 5.92 Å². The molecular weight excluding hydrogens is 300 g/mol. The molecule has 124 valence electrons. The normalized spacial score (nSPS) is 18.2. The number of anilines is 1. The molecule has 1 fully saturated rings. The molecule has 0 bridgehead atoms. The molecule has 1 atom stereocenters. The van der Waals surface area contributed by atoms with Crippen LogP contribution in [0.3, 0.4) is 0 Å². The Hall–Kier alpha value is -2.40. The number of aliphatic hydroxyl groups excluding tert-OH is 1. The summed E-state index contributed by atoms with van der Waals surface area (Å²) in [5.74, 6) is 2.33. The maximum atomic E-state index is 9.52. The molecule has 0 aliphatic carbocycles. The van der Waals surface area contributed by atoms with E-state index in [1.54, 1.807) is 0 Å². The summed E-state index contributed by atoms with van der Waals surface area (Å²) in [4.78, 5) is 14.0. The number of nitrogens with zero attached hydrogens (tertiary/aromatic N) is 2. The number of nitrogens with one attached hydrogen (secondary N) is 2. The number of piperidine rings is 1. The van der Waals surface area contributed by atoms with E-state index in [0.717, 1.165) is 59.9 Å². The Balaban J connectivity index is 1.79. The highest BCUT2D eigenvalue weighted by atomic mass is 16.3. The number of rotatable bonds is 3. The van der Waals surface area contributed by atoms with Gasteiger partial charge in [-0.05, 0) is 18.4 Å². The van der Waals surface area contributed by atoms with Crippen LogP contribution in [0.2, 0.25) is 0 Å². The Labute approximate surface area is 141 Å². The molecule has 0 saturated carbocycles. The van der Waals surface area contributed by atoms with Gasteiger partial charge in [-0.2, -0.15) is 0 Å². The molecule has 5 nitrogen and oxygen atoms in total. The van der Waals surface area contributed by atoms with Gasteiger partial charge in [-0.1, -0.05) is 30.3 Å². The van der Waals surface area contributed by atoms with E-state index in [1.165, 1.54) is 0 Å². The van der Waals surface area contributed by atoms with E-state index in [4.69, 9.17) is 0 Å². The second kappa shape index (κ2) is 6.24. The Bertz CT molecular complexity index is 843. The third-order valence-corrected chi connectivity index (χ3v) is 4.80. The summed E-state index contributed by atoms with van der Waals surface area (Å²) in [5, 5.41) is 9.52. The molecule has 3 N–H and O–H groups in total.